The second-order valence-electron chi connectivity index (χ2n) is 5.30. The first-order chi connectivity index (χ1) is 8.85. The van der Waals surface area contributed by atoms with Crippen LogP contribution in [-0.2, 0) is 6.54 Å². The molecule has 1 fully saturated rings. The van der Waals surface area contributed by atoms with Crippen LogP contribution in [0.2, 0.25) is 0 Å². The zero-order valence-electron chi connectivity index (χ0n) is 11.6. The molecule has 5 heteroatoms. The fraction of sp³-hybridized carbons (Fsp3) is 0.923. The summed E-state index contributed by atoms with van der Waals surface area (Å²) in [6.07, 6.45) is 7.55. The molecule has 0 unspecified atom stereocenters. The van der Waals surface area contributed by atoms with Crippen LogP contribution in [0.25, 0.3) is 0 Å². The summed E-state index contributed by atoms with van der Waals surface area (Å²) < 4.78 is 2.05. The molecule has 0 aliphatic heterocycles. The first-order valence-corrected chi connectivity index (χ1v) is 7.32. The summed E-state index contributed by atoms with van der Waals surface area (Å²) in [5.41, 5.74) is 0. The lowest BCUT2D eigenvalue weighted by atomic mass is 9.84. The molecule has 1 aliphatic carbocycles. The van der Waals surface area contributed by atoms with Crippen LogP contribution in [0.3, 0.4) is 0 Å². The topological polar surface area (TPSA) is 55.6 Å². The summed E-state index contributed by atoms with van der Waals surface area (Å²) >= 11 is 0. The Morgan fingerprint density at radius 1 is 1.22 bits per heavy atom. The van der Waals surface area contributed by atoms with E-state index in [1.165, 1.54) is 32.1 Å². The number of hydrogen-bond donors (Lipinski definition) is 1. The molecule has 1 aromatic rings. The molecule has 1 saturated carbocycles. The van der Waals surface area contributed by atoms with Crippen molar-refractivity contribution in [2.45, 2.75) is 65.0 Å². The SMILES string of the molecule is CCCNCc1nnnn1C1CCC(CC)CC1. The monoisotopic (exact) mass is 251 g/mol. The van der Waals surface area contributed by atoms with Gasteiger partial charge in [0.15, 0.2) is 5.82 Å². The summed E-state index contributed by atoms with van der Waals surface area (Å²) in [6.45, 7) is 6.27. The fourth-order valence-electron chi connectivity index (χ4n) is 2.79. The van der Waals surface area contributed by atoms with Gasteiger partial charge in [0.1, 0.15) is 0 Å². The zero-order chi connectivity index (χ0) is 12.8. The molecule has 1 heterocycles. The van der Waals surface area contributed by atoms with Crippen molar-refractivity contribution in [3.05, 3.63) is 5.82 Å². The van der Waals surface area contributed by atoms with Crippen LogP contribution < -0.4 is 5.32 Å². The summed E-state index contributed by atoms with van der Waals surface area (Å²) in [7, 11) is 0. The minimum atomic E-state index is 0.515. The minimum absolute atomic E-state index is 0.515. The quantitative estimate of drug-likeness (QED) is 0.788. The highest BCUT2D eigenvalue weighted by atomic mass is 15.6. The molecule has 1 aliphatic rings. The van der Waals surface area contributed by atoms with Crippen LogP contribution in [0.15, 0.2) is 0 Å². The van der Waals surface area contributed by atoms with Gasteiger partial charge in [-0.2, -0.15) is 0 Å². The van der Waals surface area contributed by atoms with E-state index in [1.807, 2.05) is 0 Å². The molecule has 0 bridgehead atoms. The molecule has 1 N–H and O–H groups in total. The molecule has 18 heavy (non-hydrogen) atoms. The van der Waals surface area contributed by atoms with Gasteiger partial charge < -0.3 is 5.32 Å². The average molecular weight is 251 g/mol. The molecule has 0 aromatic carbocycles. The number of aromatic nitrogens is 4. The molecule has 0 spiro atoms. The highest BCUT2D eigenvalue weighted by molar-refractivity contribution is 4.86. The summed E-state index contributed by atoms with van der Waals surface area (Å²) in [4.78, 5) is 0. The van der Waals surface area contributed by atoms with Crippen molar-refractivity contribution >= 4 is 0 Å². The van der Waals surface area contributed by atoms with Gasteiger partial charge in [-0.15, -0.1) is 5.10 Å². The maximum atomic E-state index is 4.19. The van der Waals surface area contributed by atoms with Gasteiger partial charge in [0, 0.05) is 0 Å². The Balaban J connectivity index is 1.90. The number of nitrogens with zero attached hydrogens (tertiary/aromatic N) is 4. The van der Waals surface area contributed by atoms with Gasteiger partial charge in [-0.1, -0.05) is 20.3 Å². The molecule has 2 rings (SSSR count). The second-order valence-corrected chi connectivity index (χ2v) is 5.30. The molecule has 0 saturated heterocycles. The summed E-state index contributed by atoms with van der Waals surface area (Å²) in [5.74, 6) is 1.91. The Morgan fingerprint density at radius 3 is 2.67 bits per heavy atom. The smallest absolute Gasteiger partial charge is 0.165 e. The Kier molecular flexibility index (Phi) is 5.11. The lowest BCUT2D eigenvalue weighted by molar-refractivity contribution is 0.248. The molecule has 0 amide bonds. The minimum Gasteiger partial charge on any atom is -0.310 e. The normalized spacial score (nSPS) is 24.3. The Bertz CT molecular complexity index is 341. The third-order valence-electron chi connectivity index (χ3n) is 4.01. The molecule has 0 atom stereocenters. The molecular formula is C13H25N5. The number of hydrogen-bond acceptors (Lipinski definition) is 4. The van der Waals surface area contributed by atoms with E-state index in [4.69, 9.17) is 0 Å². The predicted octanol–water partition coefficient (Wildman–Crippen LogP) is 2.31. The summed E-state index contributed by atoms with van der Waals surface area (Å²) in [5, 5.41) is 15.5. The van der Waals surface area contributed by atoms with Gasteiger partial charge >= 0.3 is 0 Å². The summed E-state index contributed by atoms with van der Waals surface area (Å²) in [6, 6.07) is 0.515. The van der Waals surface area contributed by atoms with Crippen molar-refractivity contribution in [3.8, 4) is 0 Å². The third-order valence-corrected chi connectivity index (χ3v) is 4.01. The van der Waals surface area contributed by atoms with E-state index in [0.717, 1.165) is 31.3 Å². The Hall–Kier alpha value is -0.970. The number of tetrazole rings is 1. The predicted molar refractivity (Wildman–Crippen MR) is 71.1 cm³/mol. The largest absolute Gasteiger partial charge is 0.310 e. The lowest BCUT2D eigenvalue weighted by Crippen LogP contribution is -2.24. The van der Waals surface area contributed by atoms with Crippen molar-refractivity contribution in [1.82, 2.24) is 25.5 Å². The van der Waals surface area contributed by atoms with Crippen LogP contribution in [0.1, 0.15) is 64.2 Å². The van der Waals surface area contributed by atoms with Crippen molar-refractivity contribution in [1.29, 1.82) is 0 Å². The maximum Gasteiger partial charge on any atom is 0.165 e. The highest BCUT2D eigenvalue weighted by Crippen LogP contribution is 2.33. The van der Waals surface area contributed by atoms with E-state index in [2.05, 4.69) is 39.4 Å². The van der Waals surface area contributed by atoms with E-state index in [9.17, 15) is 0 Å². The molecule has 5 nitrogen and oxygen atoms in total. The fourth-order valence-corrected chi connectivity index (χ4v) is 2.79. The highest BCUT2D eigenvalue weighted by Gasteiger charge is 2.23. The van der Waals surface area contributed by atoms with Crippen LogP contribution in [0.4, 0.5) is 0 Å². The molecular weight excluding hydrogens is 226 g/mol. The molecule has 102 valence electrons. The Morgan fingerprint density at radius 2 is 2.00 bits per heavy atom. The van der Waals surface area contributed by atoms with Crippen molar-refractivity contribution in [2.75, 3.05) is 6.54 Å². The first-order valence-electron chi connectivity index (χ1n) is 7.32. The molecule has 0 radical (unpaired) electrons. The van der Waals surface area contributed by atoms with Gasteiger partial charge in [0.2, 0.25) is 0 Å². The van der Waals surface area contributed by atoms with Crippen molar-refractivity contribution in [2.24, 2.45) is 5.92 Å². The number of rotatable bonds is 6. The first kappa shape index (κ1) is 13.5. The van der Waals surface area contributed by atoms with E-state index >= 15 is 0 Å². The van der Waals surface area contributed by atoms with Gasteiger partial charge in [-0.25, -0.2) is 4.68 Å². The third kappa shape index (κ3) is 3.28. The zero-order valence-corrected chi connectivity index (χ0v) is 11.6. The van der Waals surface area contributed by atoms with Crippen LogP contribution in [0, 0.1) is 5.92 Å². The average Bonchev–Trinajstić information content (AvgIpc) is 2.88. The van der Waals surface area contributed by atoms with Crippen LogP contribution >= 0.6 is 0 Å². The second kappa shape index (κ2) is 6.83. The van der Waals surface area contributed by atoms with Crippen LogP contribution in [-0.4, -0.2) is 26.8 Å². The van der Waals surface area contributed by atoms with Gasteiger partial charge in [-0.05, 0) is 55.0 Å². The van der Waals surface area contributed by atoms with E-state index in [1.54, 1.807) is 0 Å². The van der Waals surface area contributed by atoms with E-state index in [0.29, 0.717) is 6.04 Å². The van der Waals surface area contributed by atoms with Gasteiger partial charge in [-0.3, -0.25) is 0 Å². The Labute approximate surface area is 109 Å². The van der Waals surface area contributed by atoms with E-state index < -0.39 is 0 Å². The van der Waals surface area contributed by atoms with Gasteiger partial charge in [0.25, 0.3) is 0 Å². The van der Waals surface area contributed by atoms with Crippen LogP contribution in [0.5, 0.6) is 0 Å². The number of nitrogens with one attached hydrogen (secondary N) is 1. The lowest BCUT2D eigenvalue weighted by Gasteiger charge is -2.28. The standard InChI is InChI=1S/C13H25N5/c1-3-9-14-10-13-15-16-17-18(13)12-7-5-11(4-2)6-8-12/h11-12,14H,3-10H2,1-2H3. The van der Waals surface area contributed by atoms with Gasteiger partial charge in [0.05, 0.1) is 12.6 Å². The maximum absolute atomic E-state index is 4.19. The van der Waals surface area contributed by atoms with E-state index in [-0.39, 0.29) is 0 Å². The van der Waals surface area contributed by atoms with Crippen molar-refractivity contribution < 1.29 is 0 Å². The van der Waals surface area contributed by atoms with Crippen molar-refractivity contribution in [3.63, 3.8) is 0 Å². The molecule has 1 aromatic heterocycles.